The number of aliphatic imine (C=N–C) groups is 1. The normalized spacial score (nSPS) is 24.7. The third kappa shape index (κ3) is 5.93. The Hall–Kier alpha value is -1.63. The summed E-state index contributed by atoms with van der Waals surface area (Å²) in [6.45, 7) is 11.2. The number of aromatic nitrogens is 3. The molecule has 0 bridgehead atoms. The zero-order chi connectivity index (χ0) is 19.8. The number of hydrogen-bond donors (Lipinski definition) is 1. The van der Waals surface area contributed by atoms with Crippen LogP contribution in [0, 0.1) is 11.8 Å². The number of piperazine rings is 1. The second kappa shape index (κ2) is 10.8. The van der Waals surface area contributed by atoms with Crippen LogP contribution in [-0.2, 0) is 6.54 Å². The van der Waals surface area contributed by atoms with Crippen LogP contribution in [-0.4, -0.2) is 76.3 Å². The molecule has 28 heavy (non-hydrogen) atoms. The molecule has 3 rings (SSSR count). The highest BCUT2D eigenvalue weighted by Gasteiger charge is 2.29. The Labute approximate surface area is 170 Å². The van der Waals surface area contributed by atoms with Gasteiger partial charge in [0.1, 0.15) is 12.7 Å². The van der Waals surface area contributed by atoms with E-state index >= 15 is 0 Å². The first-order chi connectivity index (χ1) is 13.7. The van der Waals surface area contributed by atoms with Crippen LogP contribution in [0.5, 0.6) is 0 Å². The molecule has 0 unspecified atom stereocenters. The average molecular weight is 390 g/mol. The summed E-state index contributed by atoms with van der Waals surface area (Å²) in [7, 11) is 1.90. The molecule has 1 aromatic heterocycles. The summed E-state index contributed by atoms with van der Waals surface area (Å²) in [6.07, 6.45) is 11.4. The van der Waals surface area contributed by atoms with Gasteiger partial charge in [-0.15, -0.1) is 10.2 Å². The van der Waals surface area contributed by atoms with Crippen molar-refractivity contribution in [3.63, 3.8) is 0 Å². The van der Waals surface area contributed by atoms with Gasteiger partial charge in [0, 0.05) is 52.4 Å². The Kier molecular flexibility index (Phi) is 8.13. The monoisotopic (exact) mass is 389 g/mol. The molecule has 1 saturated carbocycles. The van der Waals surface area contributed by atoms with E-state index in [-0.39, 0.29) is 0 Å². The van der Waals surface area contributed by atoms with Gasteiger partial charge < -0.3 is 14.8 Å². The Balaban J connectivity index is 1.32. The average Bonchev–Trinajstić information content (AvgIpc) is 3.24. The molecule has 1 aliphatic heterocycles. The molecule has 0 spiro atoms. The molecule has 2 aliphatic rings. The van der Waals surface area contributed by atoms with Crippen LogP contribution in [0.2, 0.25) is 0 Å². The number of hydrogen-bond acceptors (Lipinski definition) is 4. The fourth-order valence-electron chi connectivity index (χ4n) is 4.72. The van der Waals surface area contributed by atoms with Gasteiger partial charge in [-0.05, 0) is 50.4 Å². The van der Waals surface area contributed by atoms with Crippen molar-refractivity contribution >= 4 is 5.96 Å². The summed E-state index contributed by atoms with van der Waals surface area (Å²) in [6, 6.07) is 0.810. The fraction of sp³-hybridized carbons (Fsp3) is 0.857. The number of rotatable bonds is 7. The van der Waals surface area contributed by atoms with Crippen molar-refractivity contribution in [3.05, 3.63) is 12.7 Å². The SMILES string of the molecule is CN=C(NCCCCn1cnnc1)N1CCN(C2CCC(C(C)C)CC2)CC1. The summed E-state index contributed by atoms with van der Waals surface area (Å²) < 4.78 is 2.03. The van der Waals surface area contributed by atoms with Gasteiger partial charge in [-0.1, -0.05) is 13.8 Å². The van der Waals surface area contributed by atoms with E-state index < -0.39 is 0 Å². The first-order valence-corrected chi connectivity index (χ1v) is 11.2. The van der Waals surface area contributed by atoms with Gasteiger partial charge in [0.15, 0.2) is 5.96 Å². The first kappa shape index (κ1) is 21.1. The first-order valence-electron chi connectivity index (χ1n) is 11.2. The summed E-state index contributed by atoms with van der Waals surface area (Å²) in [4.78, 5) is 9.68. The van der Waals surface area contributed by atoms with E-state index in [4.69, 9.17) is 0 Å². The highest BCUT2D eigenvalue weighted by molar-refractivity contribution is 5.79. The molecule has 1 aliphatic carbocycles. The maximum atomic E-state index is 4.51. The van der Waals surface area contributed by atoms with Gasteiger partial charge in [-0.25, -0.2) is 0 Å². The van der Waals surface area contributed by atoms with Crippen LogP contribution in [0.4, 0.5) is 0 Å². The highest BCUT2D eigenvalue weighted by Crippen LogP contribution is 2.32. The van der Waals surface area contributed by atoms with Crippen LogP contribution in [0.15, 0.2) is 17.6 Å². The van der Waals surface area contributed by atoms with E-state index in [1.165, 1.54) is 38.8 Å². The van der Waals surface area contributed by atoms with Crippen molar-refractivity contribution in [2.45, 2.75) is 65.0 Å². The molecule has 7 heteroatoms. The number of unbranched alkanes of at least 4 members (excludes halogenated alkanes) is 1. The van der Waals surface area contributed by atoms with Crippen molar-refractivity contribution in [1.82, 2.24) is 29.9 Å². The molecule has 0 aromatic carbocycles. The van der Waals surface area contributed by atoms with Gasteiger partial charge in [-0.3, -0.25) is 9.89 Å². The third-order valence-corrected chi connectivity index (χ3v) is 6.62. The van der Waals surface area contributed by atoms with Crippen LogP contribution < -0.4 is 5.32 Å². The number of nitrogens with zero attached hydrogens (tertiary/aromatic N) is 6. The van der Waals surface area contributed by atoms with E-state index in [9.17, 15) is 0 Å². The van der Waals surface area contributed by atoms with Crippen molar-refractivity contribution in [3.8, 4) is 0 Å². The summed E-state index contributed by atoms with van der Waals surface area (Å²) in [5.41, 5.74) is 0. The summed E-state index contributed by atoms with van der Waals surface area (Å²) >= 11 is 0. The Bertz CT molecular complexity index is 568. The Morgan fingerprint density at radius 1 is 1.04 bits per heavy atom. The van der Waals surface area contributed by atoms with Crippen LogP contribution in [0.3, 0.4) is 0 Å². The van der Waals surface area contributed by atoms with Crippen LogP contribution in [0.25, 0.3) is 0 Å². The minimum Gasteiger partial charge on any atom is -0.356 e. The maximum Gasteiger partial charge on any atom is 0.193 e. The molecular weight excluding hydrogens is 350 g/mol. The molecule has 0 amide bonds. The van der Waals surface area contributed by atoms with Crippen molar-refractivity contribution in [2.24, 2.45) is 16.8 Å². The predicted octanol–water partition coefficient (Wildman–Crippen LogP) is 2.47. The molecule has 7 nitrogen and oxygen atoms in total. The van der Waals surface area contributed by atoms with Gasteiger partial charge in [0.25, 0.3) is 0 Å². The molecule has 158 valence electrons. The maximum absolute atomic E-state index is 4.51. The van der Waals surface area contributed by atoms with Gasteiger partial charge in [0.2, 0.25) is 0 Å². The molecule has 2 fully saturated rings. The molecule has 0 atom stereocenters. The van der Waals surface area contributed by atoms with E-state index in [1.807, 2.05) is 11.6 Å². The van der Waals surface area contributed by atoms with E-state index in [0.717, 1.165) is 62.9 Å². The Morgan fingerprint density at radius 3 is 2.32 bits per heavy atom. The number of nitrogens with one attached hydrogen (secondary N) is 1. The van der Waals surface area contributed by atoms with Crippen LogP contribution >= 0.6 is 0 Å². The lowest BCUT2D eigenvalue weighted by molar-refractivity contribution is 0.0864. The molecule has 1 N–H and O–H groups in total. The van der Waals surface area contributed by atoms with Crippen molar-refractivity contribution < 1.29 is 0 Å². The lowest BCUT2D eigenvalue weighted by atomic mass is 9.79. The topological polar surface area (TPSA) is 61.6 Å². The van der Waals surface area contributed by atoms with Crippen molar-refractivity contribution in [1.29, 1.82) is 0 Å². The van der Waals surface area contributed by atoms with Crippen LogP contribution in [0.1, 0.15) is 52.4 Å². The largest absolute Gasteiger partial charge is 0.356 e. The number of aryl methyl sites for hydroxylation is 1. The molecule has 1 aromatic rings. The summed E-state index contributed by atoms with van der Waals surface area (Å²) in [5, 5.41) is 11.2. The Morgan fingerprint density at radius 2 is 1.71 bits per heavy atom. The molecule has 2 heterocycles. The zero-order valence-corrected chi connectivity index (χ0v) is 18.1. The van der Waals surface area contributed by atoms with Gasteiger partial charge >= 0.3 is 0 Å². The lowest BCUT2D eigenvalue weighted by Gasteiger charge is -2.43. The quantitative estimate of drug-likeness (QED) is 0.441. The van der Waals surface area contributed by atoms with E-state index in [0.29, 0.717) is 0 Å². The fourth-order valence-corrected chi connectivity index (χ4v) is 4.72. The van der Waals surface area contributed by atoms with E-state index in [1.54, 1.807) is 12.7 Å². The molecule has 1 saturated heterocycles. The second-order valence-electron chi connectivity index (χ2n) is 8.72. The standard InChI is InChI=1S/C21H39N7/c1-18(2)19-6-8-20(9-7-19)27-12-14-28(15-13-27)21(22-3)23-10-4-5-11-26-16-24-25-17-26/h16-20H,4-15H2,1-3H3,(H,22,23). The zero-order valence-electron chi connectivity index (χ0n) is 18.1. The second-order valence-corrected chi connectivity index (χ2v) is 8.72. The van der Waals surface area contributed by atoms with Gasteiger partial charge in [-0.2, -0.15) is 0 Å². The predicted molar refractivity (Wildman–Crippen MR) is 114 cm³/mol. The van der Waals surface area contributed by atoms with Crippen molar-refractivity contribution in [2.75, 3.05) is 39.8 Å². The highest BCUT2D eigenvalue weighted by atomic mass is 15.3. The molecular formula is C21H39N7. The van der Waals surface area contributed by atoms with E-state index in [2.05, 4.69) is 44.2 Å². The number of guanidine groups is 1. The smallest absolute Gasteiger partial charge is 0.193 e. The third-order valence-electron chi connectivity index (χ3n) is 6.62. The summed E-state index contributed by atoms with van der Waals surface area (Å²) in [5.74, 6) is 2.86. The minimum absolute atomic E-state index is 0.810. The minimum atomic E-state index is 0.810. The molecule has 0 radical (unpaired) electrons. The lowest BCUT2D eigenvalue weighted by Crippen LogP contribution is -2.55. The van der Waals surface area contributed by atoms with Gasteiger partial charge in [0.05, 0.1) is 0 Å².